The summed E-state index contributed by atoms with van der Waals surface area (Å²) in [6.07, 6.45) is 2.70. The monoisotopic (exact) mass is 530 g/mol. The van der Waals surface area contributed by atoms with Crippen LogP contribution < -0.4 is 23.7 Å². The molecule has 2 aromatic carbocycles. The topological polar surface area (TPSA) is 104 Å². The van der Waals surface area contributed by atoms with Gasteiger partial charge in [0.1, 0.15) is 28.4 Å². The molecule has 2 N–H and O–H groups in total. The molecule has 0 aliphatic heterocycles. The summed E-state index contributed by atoms with van der Waals surface area (Å²) in [5, 5.41) is 4.88. The van der Waals surface area contributed by atoms with Crippen LogP contribution in [0.5, 0.6) is 23.3 Å². The molecule has 11 heteroatoms. The number of fused-ring (bicyclic) bond motifs is 1. The zero-order chi connectivity index (χ0) is 25.7. The predicted molar refractivity (Wildman–Crippen MR) is 143 cm³/mol. The van der Waals surface area contributed by atoms with Crippen molar-refractivity contribution in [3.05, 3.63) is 47.9 Å². The number of oxazole rings is 1. The fourth-order valence-corrected chi connectivity index (χ4v) is 4.72. The lowest BCUT2D eigenvalue weighted by Crippen LogP contribution is -2.16. The summed E-state index contributed by atoms with van der Waals surface area (Å²) in [6.45, 7) is 9.04. The minimum absolute atomic E-state index is 0.0974. The van der Waals surface area contributed by atoms with Crippen molar-refractivity contribution in [1.82, 2.24) is 14.9 Å². The van der Waals surface area contributed by atoms with E-state index in [1.54, 1.807) is 44.5 Å². The Kier molecular flexibility index (Phi) is 8.22. The first kappa shape index (κ1) is 26.1. The Bertz CT molecular complexity index is 1320. The summed E-state index contributed by atoms with van der Waals surface area (Å²) in [6, 6.07) is 9.56. The van der Waals surface area contributed by atoms with Crippen LogP contribution in [0.3, 0.4) is 0 Å². The third kappa shape index (κ3) is 6.40. The zero-order valence-corrected chi connectivity index (χ0v) is 22.8. The SMILES string of the molecule is CCc1ccc(OC)c(SNc2noc3cc(Oc4ncc(CNSC(C)(C)C)o4)cc(OC)c23)c1. The number of aromatic nitrogens is 2. The Labute approximate surface area is 218 Å². The van der Waals surface area contributed by atoms with Crippen molar-refractivity contribution in [3.63, 3.8) is 0 Å². The van der Waals surface area contributed by atoms with Gasteiger partial charge in [-0.15, -0.1) is 0 Å². The van der Waals surface area contributed by atoms with Crippen LogP contribution in [0.4, 0.5) is 5.82 Å². The van der Waals surface area contributed by atoms with E-state index in [1.807, 2.05) is 6.07 Å². The molecule has 0 unspecified atom stereocenters. The van der Waals surface area contributed by atoms with E-state index in [-0.39, 0.29) is 10.8 Å². The number of hydrogen-bond acceptors (Lipinski definition) is 11. The fraction of sp³-hybridized carbons (Fsp3) is 0.360. The van der Waals surface area contributed by atoms with Crippen LogP contribution >= 0.6 is 23.9 Å². The van der Waals surface area contributed by atoms with Crippen molar-refractivity contribution in [1.29, 1.82) is 0 Å². The maximum Gasteiger partial charge on any atom is 0.399 e. The van der Waals surface area contributed by atoms with Crippen molar-refractivity contribution in [2.45, 2.75) is 50.3 Å². The Morgan fingerprint density at radius 3 is 2.58 bits per heavy atom. The van der Waals surface area contributed by atoms with Crippen LogP contribution in [-0.4, -0.2) is 29.1 Å². The summed E-state index contributed by atoms with van der Waals surface area (Å²) >= 11 is 3.02. The molecule has 0 saturated carbocycles. The molecule has 0 aliphatic rings. The highest BCUT2D eigenvalue weighted by Crippen LogP contribution is 2.40. The number of rotatable bonds is 11. The minimum Gasteiger partial charge on any atom is -0.496 e. The second-order valence-electron chi connectivity index (χ2n) is 8.80. The van der Waals surface area contributed by atoms with Gasteiger partial charge in [0, 0.05) is 16.9 Å². The summed E-state index contributed by atoms with van der Waals surface area (Å²) in [7, 11) is 3.23. The molecule has 4 aromatic rings. The van der Waals surface area contributed by atoms with E-state index in [1.165, 1.54) is 17.5 Å². The lowest BCUT2D eigenvalue weighted by Gasteiger charge is -2.16. The molecule has 4 rings (SSSR count). The fourth-order valence-electron chi connectivity index (χ4n) is 3.27. The van der Waals surface area contributed by atoms with Crippen molar-refractivity contribution < 1.29 is 23.2 Å². The number of benzene rings is 2. The number of anilines is 1. The molecule has 0 bridgehead atoms. The van der Waals surface area contributed by atoms with Crippen LogP contribution in [0.15, 0.2) is 50.4 Å². The van der Waals surface area contributed by atoms with Crippen molar-refractivity contribution in [2.24, 2.45) is 0 Å². The molecule has 9 nitrogen and oxygen atoms in total. The minimum atomic E-state index is 0.0974. The number of ether oxygens (including phenoxy) is 3. The summed E-state index contributed by atoms with van der Waals surface area (Å²) in [5.41, 5.74) is 1.71. The Morgan fingerprint density at radius 1 is 1.06 bits per heavy atom. The number of hydrogen-bond donors (Lipinski definition) is 2. The van der Waals surface area contributed by atoms with Crippen LogP contribution in [-0.2, 0) is 13.0 Å². The second kappa shape index (κ2) is 11.4. The Morgan fingerprint density at radius 2 is 1.86 bits per heavy atom. The Hall–Kier alpha value is -3.02. The van der Waals surface area contributed by atoms with E-state index in [4.69, 9.17) is 23.2 Å². The predicted octanol–water partition coefficient (Wildman–Crippen LogP) is 6.84. The Balaban J connectivity index is 1.49. The van der Waals surface area contributed by atoms with Gasteiger partial charge in [-0.1, -0.05) is 30.1 Å². The number of nitrogens with one attached hydrogen (secondary N) is 2. The van der Waals surface area contributed by atoms with Gasteiger partial charge in [-0.2, -0.15) is 4.98 Å². The molecule has 0 spiro atoms. The highest BCUT2D eigenvalue weighted by molar-refractivity contribution is 8.00. The van der Waals surface area contributed by atoms with Gasteiger partial charge in [0.05, 0.1) is 31.9 Å². The van der Waals surface area contributed by atoms with Gasteiger partial charge in [-0.05, 0) is 56.8 Å². The van der Waals surface area contributed by atoms with Crippen LogP contribution in [0.25, 0.3) is 11.0 Å². The van der Waals surface area contributed by atoms with Crippen LogP contribution in [0.2, 0.25) is 0 Å². The van der Waals surface area contributed by atoms with Gasteiger partial charge in [-0.25, -0.2) is 0 Å². The lowest BCUT2D eigenvalue weighted by molar-refractivity contribution is 0.316. The summed E-state index contributed by atoms with van der Waals surface area (Å²) in [4.78, 5) is 5.15. The zero-order valence-electron chi connectivity index (χ0n) is 21.1. The molecule has 0 atom stereocenters. The molecular formula is C25H30N4O5S2. The van der Waals surface area contributed by atoms with Crippen molar-refractivity contribution >= 4 is 40.7 Å². The second-order valence-corrected chi connectivity index (χ2v) is 11.4. The first-order valence-corrected chi connectivity index (χ1v) is 13.0. The third-order valence-corrected chi connectivity index (χ3v) is 6.72. The van der Waals surface area contributed by atoms with Gasteiger partial charge in [0.2, 0.25) is 0 Å². The molecule has 192 valence electrons. The molecule has 0 aliphatic carbocycles. The maximum atomic E-state index is 5.83. The third-order valence-electron chi connectivity index (χ3n) is 4.99. The molecule has 0 saturated heterocycles. The smallest absolute Gasteiger partial charge is 0.399 e. The first-order valence-electron chi connectivity index (χ1n) is 11.4. The molecule has 2 aromatic heterocycles. The molecule has 0 radical (unpaired) electrons. The normalized spacial score (nSPS) is 11.6. The number of aryl methyl sites for hydroxylation is 1. The van der Waals surface area contributed by atoms with E-state index in [2.05, 4.69) is 59.4 Å². The molecule has 0 amide bonds. The van der Waals surface area contributed by atoms with Crippen LogP contribution in [0, 0.1) is 0 Å². The quantitative estimate of drug-likeness (QED) is 0.199. The van der Waals surface area contributed by atoms with Gasteiger partial charge >= 0.3 is 6.08 Å². The molecule has 0 fully saturated rings. The largest absolute Gasteiger partial charge is 0.496 e. The number of methoxy groups -OCH3 is 2. The van der Waals surface area contributed by atoms with E-state index in [9.17, 15) is 0 Å². The summed E-state index contributed by atoms with van der Waals surface area (Å²) in [5.74, 6) is 2.97. The van der Waals surface area contributed by atoms with E-state index in [0.717, 1.165) is 17.1 Å². The van der Waals surface area contributed by atoms with E-state index < -0.39 is 0 Å². The van der Waals surface area contributed by atoms with Gasteiger partial charge in [0.15, 0.2) is 11.4 Å². The standard InChI is InChI=1S/C25H30N4O5S2/c1-7-15-8-9-18(30-5)21(10-15)35-29-23-22-19(31-6)11-16(12-20(22)34-28-23)32-24-26-13-17(33-24)14-27-36-25(2,3)4/h8-13,27H,7,14H2,1-6H3,(H,28,29). The molecule has 36 heavy (non-hydrogen) atoms. The van der Waals surface area contributed by atoms with E-state index in [0.29, 0.717) is 40.6 Å². The molecule has 2 heterocycles. The van der Waals surface area contributed by atoms with Gasteiger partial charge in [-0.3, -0.25) is 4.72 Å². The van der Waals surface area contributed by atoms with Gasteiger partial charge in [0.25, 0.3) is 0 Å². The summed E-state index contributed by atoms with van der Waals surface area (Å²) < 4.78 is 34.8. The number of nitrogens with zero attached hydrogens (tertiary/aromatic N) is 2. The highest BCUT2D eigenvalue weighted by Gasteiger charge is 2.19. The highest BCUT2D eigenvalue weighted by atomic mass is 32.2. The average Bonchev–Trinajstić information content (AvgIpc) is 3.47. The van der Waals surface area contributed by atoms with Gasteiger partial charge < -0.3 is 27.9 Å². The van der Waals surface area contributed by atoms with Crippen LogP contribution in [0.1, 0.15) is 39.0 Å². The van der Waals surface area contributed by atoms with Crippen molar-refractivity contribution in [3.8, 4) is 23.3 Å². The average molecular weight is 531 g/mol. The molecular weight excluding hydrogens is 500 g/mol. The maximum absolute atomic E-state index is 5.83. The lowest BCUT2D eigenvalue weighted by atomic mass is 10.2. The van der Waals surface area contributed by atoms with Crippen molar-refractivity contribution in [2.75, 3.05) is 18.9 Å². The van der Waals surface area contributed by atoms with E-state index >= 15 is 0 Å². The first-order chi connectivity index (χ1) is 17.3.